The predicted octanol–water partition coefficient (Wildman–Crippen LogP) is 1.14. The molecule has 100 valence electrons. The molecule has 0 aliphatic heterocycles. The Morgan fingerprint density at radius 2 is 2.00 bits per heavy atom. The van der Waals surface area contributed by atoms with Crippen molar-refractivity contribution < 1.29 is 9.18 Å². The molecule has 20 heavy (non-hydrogen) atoms. The van der Waals surface area contributed by atoms with Gasteiger partial charge in [-0.15, -0.1) is 0 Å². The van der Waals surface area contributed by atoms with Crippen molar-refractivity contribution in [2.75, 3.05) is 0 Å². The molecule has 6 nitrogen and oxygen atoms in total. The number of carbonyl (C=O) groups excluding carboxylic acids is 1. The second kappa shape index (κ2) is 4.71. The Balaban J connectivity index is 2.20. The number of nitrogen functional groups attached to an aromatic ring is 1. The maximum Gasteiger partial charge on any atom is 0.270 e. The van der Waals surface area contributed by atoms with Gasteiger partial charge in [0.15, 0.2) is 5.65 Å². The Kier molecular flexibility index (Phi) is 2.88. The number of amides is 1. The normalized spacial score (nSPS) is 10.7. The van der Waals surface area contributed by atoms with Crippen LogP contribution >= 0.6 is 0 Å². The van der Waals surface area contributed by atoms with Gasteiger partial charge in [-0.3, -0.25) is 10.2 Å². The molecule has 3 aromatic rings. The molecular formula is C13H10FN5O. The summed E-state index contributed by atoms with van der Waals surface area (Å²) in [5.41, 5.74) is 4.17. The molecule has 3 N–H and O–H groups in total. The number of hydrogen-bond acceptors (Lipinski definition) is 4. The smallest absolute Gasteiger partial charge is 0.270 e. The number of nitrogens with two attached hydrogens (primary N) is 1. The number of rotatable bonds is 2. The molecule has 2 heterocycles. The van der Waals surface area contributed by atoms with Crippen LogP contribution in [0.4, 0.5) is 4.39 Å². The van der Waals surface area contributed by atoms with Crippen molar-refractivity contribution >= 4 is 11.6 Å². The molecule has 0 bridgehead atoms. The highest BCUT2D eigenvalue weighted by molar-refractivity contribution is 5.99. The van der Waals surface area contributed by atoms with Crippen molar-refractivity contribution in [3.63, 3.8) is 0 Å². The van der Waals surface area contributed by atoms with Crippen molar-refractivity contribution in [2.45, 2.75) is 0 Å². The summed E-state index contributed by atoms with van der Waals surface area (Å²) >= 11 is 0. The Labute approximate surface area is 113 Å². The third kappa shape index (κ3) is 1.90. The van der Waals surface area contributed by atoms with Gasteiger partial charge in [-0.1, -0.05) is 0 Å². The number of nitrogens with one attached hydrogen (secondary N) is 1. The van der Waals surface area contributed by atoms with Crippen LogP contribution in [0.1, 0.15) is 10.4 Å². The quantitative estimate of drug-likeness (QED) is 0.416. The largest absolute Gasteiger partial charge is 0.290 e. The lowest BCUT2D eigenvalue weighted by molar-refractivity contribution is 0.0955. The monoisotopic (exact) mass is 271 g/mol. The first kappa shape index (κ1) is 12.2. The summed E-state index contributed by atoms with van der Waals surface area (Å²) in [5.74, 6) is 4.33. The van der Waals surface area contributed by atoms with Crippen LogP contribution in [0.25, 0.3) is 16.9 Å². The van der Waals surface area contributed by atoms with E-state index in [-0.39, 0.29) is 11.4 Å². The van der Waals surface area contributed by atoms with Gasteiger partial charge in [0.1, 0.15) is 11.4 Å². The molecule has 1 amide bonds. The first-order chi connectivity index (χ1) is 9.70. The van der Waals surface area contributed by atoms with Crippen LogP contribution in [-0.4, -0.2) is 20.5 Å². The molecule has 0 saturated heterocycles. The fraction of sp³-hybridized carbons (Fsp3) is 0. The van der Waals surface area contributed by atoms with Crippen LogP contribution < -0.4 is 11.3 Å². The van der Waals surface area contributed by atoms with E-state index in [1.165, 1.54) is 22.8 Å². The van der Waals surface area contributed by atoms with Gasteiger partial charge in [0.25, 0.3) is 5.91 Å². The summed E-state index contributed by atoms with van der Waals surface area (Å²) in [7, 11) is 0. The SMILES string of the molecule is NNC(=O)c1cnn2c(-c3ccc(F)cc3)ccnc12. The van der Waals surface area contributed by atoms with Crippen LogP contribution in [0, 0.1) is 5.82 Å². The summed E-state index contributed by atoms with van der Waals surface area (Å²) in [4.78, 5) is 15.7. The third-order valence-corrected chi connectivity index (χ3v) is 2.92. The van der Waals surface area contributed by atoms with E-state index in [9.17, 15) is 9.18 Å². The summed E-state index contributed by atoms with van der Waals surface area (Å²) < 4.78 is 14.5. The Hall–Kier alpha value is -2.80. The van der Waals surface area contributed by atoms with E-state index in [0.717, 1.165) is 5.56 Å². The number of aromatic nitrogens is 3. The molecule has 0 saturated carbocycles. The van der Waals surface area contributed by atoms with Crippen molar-refractivity contribution in [3.05, 3.63) is 54.1 Å². The standard InChI is InChI=1S/C13H10FN5O/c14-9-3-1-8(2-4-9)11-5-6-16-12-10(13(20)18-15)7-17-19(11)12/h1-7H,15H2,(H,18,20). The molecule has 1 aromatic carbocycles. The number of fused-ring (bicyclic) bond motifs is 1. The van der Waals surface area contributed by atoms with Crippen molar-refractivity contribution in [1.29, 1.82) is 0 Å². The van der Waals surface area contributed by atoms with E-state index in [1.54, 1.807) is 24.4 Å². The molecule has 2 aromatic heterocycles. The van der Waals surface area contributed by atoms with Gasteiger partial charge >= 0.3 is 0 Å². The van der Waals surface area contributed by atoms with E-state index < -0.39 is 5.91 Å². The Morgan fingerprint density at radius 3 is 2.70 bits per heavy atom. The highest BCUT2D eigenvalue weighted by atomic mass is 19.1. The zero-order chi connectivity index (χ0) is 14.1. The number of carbonyl (C=O) groups is 1. The van der Waals surface area contributed by atoms with E-state index in [0.29, 0.717) is 11.3 Å². The molecule has 3 rings (SSSR count). The lowest BCUT2D eigenvalue weighted by atomic mass is 10.1. The molecule has 7 heteroatoms. The van der Waals surface area contributed by atoms with Gasteiger partial charge < -0.3 is 0 Å². The summed E-state index contributed by atoms with van der Waals surface area (Å²) in [5, 5.41) is 4.13. The van der Waals surface area contributed by atoms with Gasteiger partial charge in [-0.2, -0.15) is 5.10 Å². The fourth-order valence-electron chi connectivity index (χ4n) is 1.97. The fourth-order valence-corrected chi connectivity index (χ4v) is 1.97. The van der Waals surface area contributed by atoms with E-state index in [1.807, 2.05) is 5.43 Å². The topological polar surface area (TPSA) is 85.3 Å². The van der Waals surface area contributed by atoms with E-state index >= 15 is 0 Å². The molecule has 0 aliphatic carbocycles. The van der Waals surface area contributed by atoms with Gasteiger partial charge in [-0.05, 0) is 30.3 Å². The molecule has 0 aliphatic rings. The number of nitrogens with zero attached hydrogens (tertiary/aromatic N) is 3. The summed E-state index contributed by atoms with van der Waals surface area (Å²) in [6.07, 6.45) is 2.94. The van der Waals surface area contributed by atoms with Gasteiger partial charge in [0.05, 0.1) is 11.9 Å². The molecule has 0 unspecified atom stereocenters. The molecule has 0 fully saturated rings. The first-order valence-electron chi connectivity index (χ1n) is 5.80. The average Bonchev–Trinajstić information content (AvgIpc) is 2.91. The lowest BCUT2D eigenvalue weighted by Gasteiger charge is -2.04. The summed E-state index contributed by atoms with van der Waals surface area (Å²) in [6.45, 7) is 0. The van der Waals surface area contributed by atoms with Gasteiger partial charge in [0, 0.05) is 11.8 Å². The zero-order valence-electron chi connectivity index (χ0n) is 10.2. The van der Waals surface area contributed by atoms with Crippen molar-refractivity contribution in [1.82, 2.24) is 20.0 Å². The lowest BCUT2D eigenvalue weighted by Crippen LogP contribution is -2.29. The second-order valence-corrected chi connectivity index (χ2v) is 4.10. The Bertz CT molecular complexity index is 781. The Morgan fingerprint density at radius 1 is 1.25 bits per heavy atom. The minimum atomic E-state index is -0.469. The maximum absolute atomic E-state index is 13.0. The van der Waals surface area contributed by atoms with Crippen LogP contribution in [0.15, 0.2) is 42.7 Å². The van der Waals surface area contributed by atoms with Crippen LogP contribution in [-0.2, 0) is 0 Å². The second-order valence-electron chi connectivity index (χ2n) is 4.10. The number of hydrazine groups is 1. The average molecular weight is 271 g/mol. The van der Waals surface area contributed by atoms with Gasteiger partial charge in [0.2, 0.25) is 0 Å². The molecule has 0 spiro atoms. The first-order valence-corrected chi connectivity index (χ1v) is 5.80. The van der Waals surface area contributed by atoms with E-state index in [4.69, 9.17) is 5.84 Å². The number of hydrogen-bond donors (Lipinski definition) is 2. The third-order valence-electron chi connectivity index (χ3n) is 2.92. The predicted molar refractivity (Wildman–Crippen MR) is 70.0 cm³/mol. The highest BCUT2D eigenvalue weighted by Crippen LogP contribution is 2.21. The van der Waals surface area contributed by atoms with E-state index in [2.05, 4.69) is 10.1 Å². The van der Waals surface area contributed by atoms with Crippen LogP contribution in [0.3, 0.4) is 0 Å². The summed E-state index contributed by atoms with van der Waals surface area (Å²) in [6, 6.07) is 7.72. The zero-order valence-corrected chi connectivity index (χ0v) is 10.2. The minimum Gasteiger partial charge on any atom is -0.290 e. The minimum absolute atomic E-state index is 0.275. The van der Waals surface area contributed by atoms with Crippen LogP contribution in [0.5, 0.6) is 0 Å². The molecule has 0 radical (unpaired) electrons. The van der Waals surface area contributed by atoms with Crippen LogP contribution in [0.2, 0.25) is 0 Å². The maximum atomic E-state index is 13.0. The van der Waals surface area contributed by atoms with Crippen molar-refractivity contribution in [2.24, 2.45) is 5.84 Å². The number of halogens is 1. The molecule has 0 atom stereocenters. The highest BCUT2D eigenvalue weighted by Gasteiger charge is 2.15. The number of benzene rings is 1. The molecular weight excluding hydrogens is 261 g/mol. The van der Waals surface area contributed by atoms with Crippen molar-refractivity contribution in [3.8, 4) is 11.3 Å². The van der Waals surface area contributed by atoms with Gasteiger partial charge in [-0.25, -0.2) is 19.7 Å².